The SMILES string of the molecule is C=C(/C(=C\C)c1ccc2c3ccccc3n(-c3ccccn3)c2c1)C(C)[C@H](C)[C@H](C)Cl. The van der Waals surface area contributed by atoms with Crippen LogP contribution in [-0.4, -0.2) is 14.9 Å². The predicted octanol–water partition coefficient (Wildman–Crippen LogP) is 8.04. The molecule has 0 amide bonds. The average molecular weight is 429 g/mol. The highest BCUT2D eigenvalue weighted by Crippen LogP contribution is 2.37. The Balaban J connectivity index is 1.90. The fourth-order valence-electron chi connectivity index (χ4n) is 4.37. The molecule has 4 aromatic rings. The fraction of sp³-hybridized carbons (Fsp3) is 0.250. The number of alkyl halides is 1. The number of hydrogen-bond acceptors (Lipinski definition) is 1. The summed E-state index contributed by atoms with van der Waals surface area (Å²) in [6.45, 7) is 13.0. The largest absolute Gasteiger partial charge is 0.294 e. The highest BCUT2D eigenvalue weighted by molar-refractivity contribution is 6.20. The van der Waals surface area contributed by atoms with E-state index >= 15 is 0 Å². The predicted molar refractivity (Wildman–Crippen MR) is 135 cm³/mol. The van der Waals surface area contributed by atoms with E-state index < -0.39 is 0 Å². The third-order valence-electron chi connectivity index (χ3n) is 6.56. The van der Waals surface area contributed by atoms with Crippen LogP contribution in [0.2, 0.25) is 0 Å². The number of para-hydroxylation sites is 1. The van der Waals surface area contributed by atoms with Gasteiger partial charge in [-0.05, 0) is 66.7 Å². The average Bonchev–Trinajstić information content (AvgIpc) is 3.12. The van der Waals surface area contributed by atoms with E-state index in [1.165, 1.54) is 21.9 Å². The van der Waals surface area contributed by atoms with E-state index in [0.717, 1.165) is 22.4 Å². The summed E-state index contributed by atoms with van der Waals surface area (Å²) in [5, 5.41) is 2.55. The van der Waals surface area contributed by atoms with Crippen LogP contribution in [-0.2, 0) is 0 Å². The van der Waals surface area contributed by atoms with Crippen molar-refractivity contribution in [1.82, 2.24) is 9.55 Å². The van der Waals surface area contributed by atoms with Gasteiger partial charge in [-0.25, -0.2) is 4.98 Å². The van der Waals surface area contributed by atoms with Gasteiger partial charge in [-0.3, -0.25) is 4.57 Å². The maximum atomic E-state index is 6.40. The van der Waals surface area contributed by atoms with Gasteiger partial charge in [0.1, 0.15) is 5.82 Å². The number of fused-ring (bicyclic) bond motifs is 3. The molecule has 0 saturated carbocycles. The summed E-state index contributed by atoms with van der Waals surface area (Å²) in [5.74, 6) is 1.55. The zero-order chi connectivity index (χ0) is 22.1. The van der Waals surface area contributed by atoms with Gasteiger partial charge >= 0.3 is 0 Å². The molecule has 2 aromatic carbocycles. The quantitative estimate of drug-likeness (QED) is 0.224. The van der Waals surface area contributed by atoms with Gasteiger partial charge < -0.3 is 0 Å². The Morgan fingerprint density at radius 2 is 1.68 bits per heavy atom. The molecule has 158 valence electrons. The normalized spacial score (nSPS) is 15.2. The van der Waals surface area contributed by atoms with Crippen molar-refractivity contribution in [2.75, 3.05) is 0 Å². The number of rotatable bonds is 6. The maximum absolute atomic E-state index is 6.40. The van der Waals surface area contributed by atoms with Gasteiger partial charge in [0.25, 0.3) is 0 Å². The van der Waals surface area contributed by atoms with Crippen molar-refractivity contribution in [3.63, 3.8) is 0 Å². The lowest BCUT2D eigenvalue weighted by atomic mass is 9.81. The van der Waals surface area contributed by atoms with E-state index in [0.29, 0.717) is 5.92 Å². The number of nitrogens with zero attached hydrogens (tertiary/aromatic N) is 2. The molecule has 1 unspecified atom stereocenters. The first kappa shape index (κ1) is 21.4. The van der Waals surface area contributed by atoms with Crippen LogP contribution < -0.4 is 0 Å². The van der Waals surface area contributed by atoms with Crippen LogP contribution in [0.15, 0.2) is 85.1 Å². The van der Waals surface area contributed by atoms with Crippen LogP contribution in [0.3, 0.4) is 0 Å². The van der Waals surface area contributed by atoms with Crippen molar-refractivity contribution in [3.8, 4) is 5.82 Å². The van der Waals surface area contributed by atoms with Gasteiger partial charge in [-0.1, -0.05) is 62.9 Å². The lowest BCUT2D eigenvalue weighted by Gasteiger charge is -2.26. The van der Waals surface area contributed by atoms with Crippen LogP contribution in [0.25, 0.3) is 33.2 Å². The molecule has 0 aliphatic carbocycles. The highest BCUT2D eigenvalue weighted by atomic mass is 35.5. The minimum atomic E-state index is 0.0963. The second kappa shape index (κ2) is 8.72. The molecule has 2 heterocycles. The van der Waals surface area contributed by atoms with E-state index in [1.54, 1.807) is 0 Å². The van der Waals surface area contributed by atoms with Gasteiger partial charge in [0.05, 0.1) is 11.0 Å². The van der Waals surface area contributed by atoms with Gasteiger partial charge in [-0.2, -0.15) is 0 Å². The molecule has 0 aliphatic heterocycles. The summed E-state index contributed by atoms with van der Waals surface area (Å²) >= 11 is 6.40. The standard InChI is InChI=1S/C28H29ClN2/c1-6-23(20(4)18(2)19(3)21(5)29)22-14-15-25-24-11-7-8-12-26(24)31(27(25)17-22)28-13-9-10-16-30-28/h6-19,21H,4H2,1-3,5H3/b23-6+/t18?,19-,21-/m0/s1. The van der Waals surface area contributed by atoms with E-state index in [1.807, 2.05) is 18.3 Å². The van der Waals surface area contributed by atoms with Crippen molar-refractivity contribution in [2.24, 2.45) is 11.8 Å². The van der Waals surface area contributed by atoms with Gasteiger partial charge in [-0.15, -0.1) is 11.6 Å². The third-order valence-corrected chi connectivity index (χ3v) is 6.96. The summed E-state index contributed by atoms with van der Waals surface area (Å²) in [5.41, 5.74) is 5.78. The topological polar surface area (TPSA) is 17.8 Å². The Morgan fingerprint density at radius 1 is 0.968 bits per heavy atom. The molecule has 3 heteroatoms. The Labute approximate surface area is 189 Å². The van der Waals surface area contributed by atoms with E-state index in [9.17, 15) is 0 Å². The molecule has 3 atom stereocenters. The summed E-state index contributed by atoms with van der Waals surface area (Å²) in [7, 11) is 0. The minimum Gasteiger partial charge on any atom is -0.294 e. The van der Waals surface area contributed by atoms with Crippen molar-refractivity contribution in [2.45, 2.75) is 33.1 Å². The smallest absolute Gasteiger partial charge is 0.137 e. The molecule has 0 bridgehead atoms. The summed E-state index contributed by atoms with van der Waals surface area (Å²) in [4.78, 5) is 4.64. The Kier molecular flexibility index (Phi) is 6.02. The molecule has 0 N–H and O–H groups in total. The summed E-state index contributed by atoms with van der Waals surface area (Å²) in [6, 6.07) is 21.2. The number of aromatic nitrogens is 2. The molecule has 0 saturated heterocycles. The van der Waals surface area contributed by atoms with E-state index in [-0.39, 0.29) is 11.3 Å². The zero-order valence-electron chi connectivity index (χ0n) is 18.6. The first-order chi connectivity index (χ1) is 14.9. The molecule has 2 nitrogen and oxygen atoms in total. The molecule has 31 heavy (non-hydrogen) atoms. The van der Waals surface area contributed by atoms with E-state index in [2.05, 4.69) is 98.4 Å². The molecule has 0 fully saturated rings. The number of halogens is 1. The van der Waals surface area contributed by atoms with E-state index in [4.69, 9.17) is 11.6 Å². The Bertz CT molecular complexity index is 1260. The fourth-order valence-corrected chi connectivity index (χ4v) is 4.59. The lowest BCUT2D eigenvalue weighted by Crippen LogP contribution is -2.18. The van der Waals surface area contributed by atoms with Crippen LogP contribution in [0.4, 0.5) is 0 Å². The molecular formula is C28H29ClN2. The Morgan fingerprint density at radius 3 is 2.35 bits per heavy atom. The van der Waals surface area contributed by atoms with Crippen molar-refractivity contribution in [1.29, 1.82) is 0 Å². The van der Waals surface area contributed by atoms with Crippen LogP contribution >= 0.6 is 11.6 Å². The van der Waals surface area contributed by atoms with Crippen LogP contribution in [0.1, 0.15) is 33.3 Å². The monoisotopic (exact) mass is 428 g/mol. The number of benzene rings is 2. The second-order valence-electron chi connectivity index (χ2n) is 8.33. The number of pyridine rings is 1. The first-order valence-electron chi connectivity index (χ1n) is 10.9. The van der Waals surface area contributed by atoms with Crippen molar-refractivity contribution in [3.05, 3.63) is 90.7 Å². The first-order valence-corrected chi connectivity index (χ1v) is 11.3. The molecule has 0 aliphatic rings. The lowest BCUT2D eigenvalue weighted by molar-refractivity contribution is 0.442. The zero-order valence-corrected chi connectivity index (χ0v) is 19.4. The van der Waals surface area contributed by atoms with Crippen LogP contribution in [0, 0.1) is 11.8 Å². The van der Waals surface area contributed by atoms with Gasteiger partial charge in [0, 0.05) is 22.3 Å². The van der Waals surface area contributed by atoms with Gasteiger partial charge in [0.2, 0.25) is 0 Å². The number of allylic oxidation sites excluding steroid dienone is 3. The summed E-state index contributed by atoms with van der Waals surface area (Å²) in [6.07, 6.45) is 4.01. The Hall–Kier alpha value is -2.84. The summed E-state index contributed by atoms with van der Waals surface area (Å²) < 4.78 is 2.25. The van der Waals surface area contributed by atoms with Crippen molar-refractivity contribution < 1.29 is 0 Å². The van der Waals surface area contributed by atoms with Crippen molar-refractivity contribution >= 4 is 39.0 Å². The third kappa shape index (κ3) is 3.81. The molecular weight excluding hydrogens is 400 g/mol. The van der Waals surface area contributed by atoms with Gasteiger partial charge in [0.15, 0.2) is 0 Å². The molecule has 4 rings (SSSR count). The maximum Gasteiger partial charge on any atom is 0.137 e. The molecule has 0 spiro atoms. The second-order valence-corrected chi connectivity index (χ2v) is 9.01. The molecule has 2 aromatic heterocycles. The number of hydrogen-bond donors (Lipinski definition) is 0. The molecule has 0 radical (unpaired) electrons. The highest BCUT2D eigenvalue weighted by Gasteiger charge is 2.23. The minimum absolute atomic E-state index is 0.0963. The van der Waals surface area contributed by atoms with Crippen LogP contribution in [0.5, 0.6) is 0 Å².